The monoisotopic (exact) mass is 373 g/mol. The Morgan fingerprint density at radius 2 is 1.92 bits per heavy atom. The topological polar surface area (TPSA) is 83.7 Å². The number of furan rings is 1. The van der Waals surface area contributed by atoms with Crippen molar-refractivity contribution in [2.75, 3.05) is 5.32 Å². The van der Waals surface area contributed by atoms with E-state index >= 15 is 0 Å². The van der Waals surface area contributed by atoms with E-state index in [-0.39, 0.29) is 10.7 Å². The fourth-order valence-corrected chi connectivity index (χ4v) is 1.87. The highest BCUT2D eigenvalue weighted by atomic mass is 35.5. The molecule has 0 aliphatic heterocycles. The van der Waals surface area contributed by atoms with E-state index in [2.05, 4.69) is 5.10 Å². The minimum Gasteiger partial charge on any atom is -0.463 e. The predicted molar refractivity (Wildman–Crippen MR) is 84.1 cm³/mol. The molecular formula is C15H11ClF3N3O3. The predicted octanol–water partition coefficient (Wildman–Crippen LogP) is 3.43. The number of carbonyl (C=O) groups is 2. The maximum absolute atomic E-state index is 12.7. The van der Waals surface area contributed by atoms with E-state index in [4.69, 9.17) is 16.0 Å². The summed E-state index contributed by atoms with van der Waals surface area (Å²) < 4.78 is 43.1. The standard InChI is InChI=1S/C15H11ClF3N3O3/c1-8(12-3-2-6-25-12)21-22-14(24)13(23)20-11-7-9(15(17,18)19)4-5-10(11)16/h2-7H,1H3,(H,20,23)(H,22,24)/b21-8+. The van der Waals surface area contributed by atoms with E-state index in [1.165, 1.54) is 13.2 Å². The number of rotatable bonds is 3. The molecule has 1 aromatic carbocycles. The van der Waals surface area contributed by atoms with Gasteiger partial charge in [0.2, 0.25) is 0 Å². The minimum absolute atomic E-state index is 0.149. The number of halogens is 4. The van der Waals surface area contributed by atoms with Crippen molar-refractivity contribution < 1.29 is 27.2 Å². The van der Waals surface area contributed by atoms with Crippen LogP contribution in [0.15, 0.2) is 46.1 Å². The summed E-state index contributed by atoms with van der Waals surface area (Å²) >= 11 is 5.74. The Labute approximate surface area is 144 Å². The first kappa shape index (κ1) is 18.5. The van der Waals surface area contributed by atoms with Gasteiger partial charge < -0.3 is 9.73 Å². The quantitative estimate of drug-likeness (QED) is 0.491. The van der Waals surface area contributed by atoms with E-state index in [0.717, 1.165) is 12.1 Å². The molecule has 2 aromatic rings. The van der Waals surface area contributed by atoms with Gasteiger partial charge in [-0.2, -0.15) is 18.3 Å². The van der Waals surface area contributed by atoms with Crippen LogP contribution in [-0.4, -0.2) is 17.5 Å². The lowest BCUT2D eigenvalue weighted by Gasteiger charge is -2.11. The zero-order valence-corrected chi connectivity index (χ0v) is 13.4. The number of nitrogens with one attached hydrogen (secondary N) is 2. The molecule has 10 heteroatoms. The lowest BCUT2D eigenvalue weighted by molar-refractivity contribution is -0.137. The molecular weight excluding hydrogens is 363 g/mol. The summed E-state index contributed by atoms with van der Waals surface area (Å²) in [5.41, 5.74) is 0.903. The molecule has 2 amide bonds. The first-order chi connectivity index (χ1) is 11.7. The fourth-order valence-electron chi connectivity index (χ4n) is 1.70. The van der Waals surface area contributed by atoms with Crippen molar-refractivity contribution in [3.8, 4) is 0 Å². The molecule has 0 spiro atoms. The van der Waals surface area contributed by atoms with E-state index in [0.29, 0.717) is 17.5 Å². The fraction of sp³-hybridized carbons (Fsp3) is 0.133. The molecule has 1 heterocycles. The van der Waals surface area contributed by atoms with Gasteiger partial charge in [0, 0.05) is 0 Å². The summed E-state index contributed by atoms with van der Waals surface area (Å²) in [5.74, 6) is -2.03. The number of benzene rings is 1. The number of hydrogen-bond donors (Lipinski definition) is 2. The van der Waals surface area contributed by atoms with Gasteiger partial charge in [-0.1, -0.05) is 11.6 Å². The maximum Gasteiger partial charge on any atom is 0.416 e. The molecule has 0 bridgehead atoms. The average molecular weight is 374 g/mol. The molecule has 0 radical (unpaired) electrons. The van der Waals surface area contributed by atoms with E-state index in [1.54, 1.807) is 12.1 Å². The SMILES string of the molecule is C/C(=N\NC(=O)C(=O)Nc1cc(C(F)(F)F)ccc1Cl)c1ccco1. The minimum atomic E-state index is -4.61. The molecule has 1 aromatic heterocycles. The van der Waals surface area contributed by atoms with E-state index in [1.807, 2.05) is 10.7 Å². The first-order valence-electron chi connectivity index (χ1n) is 6.74. The van der Waals surface area contributed by atoms with E-state index in [9.17, 15) is 22.8 Å². The van der Waals surface area contributed by atoms with Crippen molar-refractivity contribution in [3.63, 3.8) is 0 Å². The number of hydrogen-bond acceptors (Lipinski definition) is 4. The summed E-state index contributed by atoms with van der Waals surface area (Å²) in [6.45, 7) is 1.53. The van der Waals surface area contributed by atoms with Gasteiger partial charge in [0.05, 0.1) is 22.5 Å². The number of nitrogens with zero attached hydrogens (tertiary/aromatic N) is 1. The molecule has 0 aliphatic rings. The van der Waals surface area contributed by atoms with Crippen LogP contribution >= 0.6 is 11.6 Å². The number of hydrazone groups is 1. The van der Waals surface area contributed by atoms with Crippen molar-refractivity contribution >= 4 is 34.8 Å². The highest BCUT2D eigenvalue weighted by Gasteiger charge is 2.31. The van der Waals surface area contributed by atoms with Gasteiger partial charge in [0.15, 0.2) is 0 Å². The average Bonchev–Trinajstić information content (AvgIpc) is 3.07. The van der Waals surface area contributed by atoms with Crippen LogP contribution in [-0.2, 0) is 15.8 Å². The summed E-state index contributed by atoms with van der Waals surface area (Å²) in [5, 5.41) is 5.51. The Balaban J connectivity index is 2.06. The number of alkyl halides is 3. The zero-order chi connectivity index (χ0) is 18.6. The molecule has 6 nitrogen and oxygen atoms in total. The molecule has 0 unspecified atom stereocenters. The third-order valence-electron chi connectivity index (χ3n) is 2.95. The van der Waals surface area contributed by atoms with Gasteiger partial charge in [-0.25, -0.2) is 5.43 Å². The number of carbonyl (C=O) groups excluding carboxylic acids is 2. The second-order valence-corrected chi connectivity index (χ2v) is 5.17. The van der Waals surface area contributed by atoms with Crippen LogP contribution in [0.5, 0.6) is 0 Å². The van der Waals surface area contributed by atoms with Gasteiger partial charge in [0.1, 0.15) is 11.5 Å². The van der Waals surface area contributed by atoms with Crippen LogP contribution in [0, 0.1) is 0 Å². The highest BCUT2D eigenvalue weighted by Crippen LogP contribution is 2.33. The molecule has 0 saturated carbocycles. The van der Waals surface area contributed by atoms with E-state index < -0.39 is 23.6 Å². The molecule has 0 fully saturated rings. The Hall–Kier alpha value is -2.81. The Morgan fingerprint density at radius 3 is 2.52 bits per heavy atom. The van der Waals surface area contributed by atoms with Crippen molar-refractivity contribution in [3.05, 3.63) is 52.9 Å². The van der Waals surface area contributed by atoms with Crippen molar-refractivity contribution in [1.82, 2.24) is 5.43 Å². The van der Waals surface area contributed by atoms with Crippen molar-refractivity contribution in [2.24, 2.45) is 5.10 Å². The summed E-state index contributed by atoms with van der Waals surface area (Å²) in [6.07, 6.45) is -3.21. The van der Waals surface area contributed by atoms with Gasteiger partial charge >= 0.3 is 18.0 Å². The normalized spacial score (nSPS) is 12.0. The Morgan fingerprint density at radius 1 is 1.20 bits per heavy atom. The summed E-state index contributed by atoms with van der Waals surface area (Å²) in [6, 6.07) is 5.56. The number of amides is 2. The molecule has 0 saturated heterocycles. The van der Waals surface area contributed by atoms with Gasteiger partial charge in [-0.3, -0.25) is 9.59 Å². The second-order valence-electron chi connectivity index (χ2n) is 4.76. The third-order valence-corrected chi connectivity index (χ3v) is 3.28. The van der Waals surface area contributed by atoms with Crippen LogP contribution in [0.4, 0.5) is 18.9 Å². The van der Waals surface area contributed by atoms with Crippen LogP contribution in [0.25, 0.3) is 0 Å². The van der Waals surface area contributed by atoms with Crippen LogP contribution in [0.3, 0.4) is 0 Å². The van der Waals surface area contributed by atoms with Gasteiger partial charge in [-0.15, -0.1) is 0 Å². The Bertz CT molecular complexity index is 817. The number of anilines is 1. The smallest absolute Gasteiger partial charge is 0.416 e. The second kappa shape index (κ2) is 7.39. The summed E-state index contributed by atoms with van der Waals surface area (Å²) in [4.78, 5) is 23.5. The highest BCUT2D eigenvalue weighted by molar-refractivity contribution is 6.41. The first-order valence-corrected chi connectivity index (χ1v) is 7.12. The Kier molecular flexibility index (Phi) is 5.48. The molecule has 2 rings (SSSR count). The maximum atomic E-state index is 12.7. The molecule has 25 heavy (non-hydrogen) atoms. The summed E-state index contributed by atoms with van der Waals surface area (Å²) in [7, 11) is 0. The largest absolute Gasteiger partial charge is 0.463 e. The van der Waals surface area contributed by atoms with Crippen LogP contribution < -0.4 is 10.7 Å². The van der Waals surface area contributed by atoms with Crippen molar-refractivity contribution in [2.45, 2.75) is 13.1 Å². The molecule has 0 atom stereocenters. The lowest BCUT2D eigenvalue weighted by atomic mass is 10.2. The lowest BCUT2D eigenvalue weighted by Crippen LogP contribution is -2.33. The molecule has 0 aliphatic carbocycles. The third kappa shape index (κ3) is 4.83. The van der Waals surface area contributed by atoms with Gasteiger partial charge in [0.25, 0.3) is 0 Å². The van der Waals surface area contributed by atoms with Crippen LogP contribution in [0.1, 0.15) is 18.2 Å². The van der Waals surface area contributed by atoms with Crippen molar-refractivity contribution in [1.29, 1.82) is 0 Å². The molecule has 132 valence electrons. The zero-order valence-electron chi connectivity index (χ0n) is 12.6. The molecule has 2 N–H and O–H groups in total. The van der Waals surface area contributed by atoms with Gasteiger partial charge in [-0.05, 0) is 37.3 Å². The van der Waals surface area contributed by atoms with Crippen LogP contribution in [0.2, 0.25) is 5.02 Å².